The van der Waals surface area contributed by atoms with E-state index < -0.39 is 11.8 Å². The molecule has 0 atom stereocenters. The van der Waals surface area contributed by atoms with Gasteiger partial charge in [-0.3, -0.25) is 4.79 Å². The molecular formula is C21H21NO4. The van der Waals surface area contributed by atoms with Crippen LogP contribution in [0.2, 0.25) is 0 Å². The fourth-order valence-corrected chi connectivity index (χ4v) is 3.07. The predicted octanol–water partition coefficient (Wildman–Crippen LogP) is 4.38. The van der Waals surface area contributed by atoms with Crippen LogP contribution >= 0.6 is 0 Å². The number of benzene rings is 2. The van der Waals surface area contributed by atoms with Crippen LogP contribution in [0.4, 0.5) is 0 Å². The molecule has 5 nitrogen and oxygen atoms in total. The second-order valence-electron chi connectivity index (χ2n) is 6.18. The molecule has 0 aliphatic rings. The van der Waals surface area contributed by atoms with Gasteiger partial charge in [0.2, 0.25) is 0 Å². The first-order chi connectivity index (χ1) is 12.5. The average molecular weight is 351 g/mol. The number of hydrogen-bond acceptors (Lipinski definition) is 3. The molecule has 0 amide bonds. The van der Waals surface area contributed by atoms with Gasteiger partial charge in [-0.1, -0.05) is 31.5 Å². The lowest BCUT2D eigenvalue weighted by molar-refractivity contribution is -0.131. The zero-order valence-electron chi connectivity index (χ0n) is 14.9. The number of unbranched alkanes of at least 4 members (excludes halogenated alkanes) is 1. The summed E-state index contributed by atoms with van der Waals surface area (Å²) < 4.78 is 7.14. The molecule has 3 rings (SSSR count). The highest BCUT2D eigenvalue weighted by Gasteiger charge is 2.21. The Morgan fingerprint density at radius 1 is 1.08 bits per heavy atom. The first-order valence-electron chi connectivity index (χ1n) is 8.60. The number of aryl methyl sites for hydroxylation is 1. The Labute approximate surface area is 151 Å². The number of ether oxygens (including phenoxy) is 1. The largest absolute Gasteiger partial charge is 0.497 e. The Morgan fingerprint density at radius 2 is 1.77 bits per heavy atom. The number of carbonyl (C=O) groups excluding carboxylic acids is 1. The van der Waals surface area contributed by atoms with E-state index in [1.807, 2.05) is 47.0 Å². The highest BCUT2D eigenvalue weighted by molar-refractivity contribution is 6.42. The SMILES string of the molecule is CCCCn1cc(C(=O)C(=O)O)c2cc(-c3ccc(OC)cc3)ccc21. The van der Waals surface area contributed by atoms with Gasteiger partial charge in [0.25, 0.3) is 5.78 Å². The van der Waals surface area contributed by atoms with Crippen molar-refractivity contribution in [3.63, 3.8) is 0 Å². The Kier molecular flexibility index (Phi) is 5.07. The van der Waals surface area contributed by atoms with Crippen LogP contribution in [0.1, 0.15) is 30.1 Å². The van der Waals surface area contributed by atoms with Crippen LogP contribution in [-0.2, 0) is 11.3 Å². The summed E-state index contributed by atoms with van der Waals surface area (Å²) in [6.07, 6.45) is 3.64. The second kappa shape index (κ2) is 7.44. The topological polar surface area (TPSA) is 68.5 Å². The number of carbonyl (C=O) groups is 2. The number of carboxylic acid groups (broad SMARTS) is 1. The van der Waals surface area contributed by atoms with E-state index in [1.165, 1.54) is 0 Å². The van der Waals surface area contributed by atoms with Crippen LogP contribution in [0.25, 0.3) is 22.0 Å². The Balaban J connectivity index is 2.12. The lowest BCUT2D eigenvalue weighted by Gasteiger charge is -2.07. The van der Waals surface area contributed by atoms with Crippen LogP contribution in [0, 0.1) is 0 Å². The number of Topliss-reactive ketones (excluding diaryl/α,β-unsaturated/α-hetero) is 1. The summed E-state index contributed by atoms with van der Waals surface area (Å²) in [6.45, 7) is 2.85. The lowest BCUT2D eigenvalue weighted by Crippen LogP contribution is -2.12. The zero-order valence-corrected chi connectivity index (χ0v) is 14.9. The number of nitrogens with zero attached hydrogens (tertiary/aromatic N) is 1. The number of aromatic nitrogens is 1. The fraction of sp³-hybridized carbons (Fsp3) is 0.238. The maximum Gasteiger partial charge on any atom is 0.377 e. The molecular weight excluding hydrogens is 330 g/mol. The number of carboxylic acids is 1. The number of hydrogen-bond donors (Lipinski definition) is 1. The van der Waals surface area contributed by atoms with Crippen LogP contribution in [0.5, 0.6) is 5.75 Å². The summed E-state index contributed by atoms with van der Waals surface area (Å²) >= 11 is 0. The molecule has 0 saturated heterocycles. The number of rotatable bonds is 7. The van der Waals surface area contributed by atoms with Crippen LogP contribution in [-0.4, -0.2) is 28.5 Å². The summed E-state index contributed by atoms with van der Waals surface area (Å²) in [4.78, 5) is 23.4. The quantitative estimate of drug-likeness (QED) is 0.506. The summed E-state index contributed by atoms with van der Waals surface area (Å²) in [5, 5.41) is 9.82. The van der Waals surface area contributed by atoms with E-state index in [-0.39, 0.29) is 5.56 Å². The van der Waals surface area contributed by atoms with Gasteiger partial charge in [-0.25, -0.2) is 4.79 Å². The molecule has 3 aromatic rings. The summed E-state index contributed by atoms with van der Waals surface area (Å²) in [5.74, 6) is -1.55. The molecule has 0 aliphatic carbocycles. The summed E-state index contributed by atoms with van der Waals surface area (Å²) in [6, 6.07) is 13.4. The predicted molar refractivity (Wildman–Crippen MR) is 101 cm³/mol. The van der Waals surface area contributed by atoms with Gasteiger partial charge in [0, 0.05) is 23.6 Å². The van der Waals surface area contributed by atoms with E-state index in [9.17, 15) is 9.59 Å². The van der Waals surface area contributed by atoms with E-state index in [1.54, 1.807) is 13.3 Å². The molecule has 0 spiro atoms. The third kappa shape index (κ3) is 3.33. The first kappa shape index (κ1) is 17.7. The maximum absolute atomic E-state index is 12.1. The van der Waals surface area contributed by atoms with E-state index in [0.717, 1.165) is 41.8 Å². The Bertz CT molecular complexity index is 954. The minimum absolute atomic E-state index is 0.235. The van der Waals surface area contributed by atoms with Gasteiger partial charge < -0.3 is 14.4 Å². The average Bonchev–Trinajstić information content (AvgIpc) is 3.03. The van der Waals surface area contributed by atoms with Crippen LogP contribution in [0.15, 0.2) is 48.7 Å². The Morgan fingerprint density at radius 3 is 2.38 bits per heavy atom. The monoisotopic (exact) mass is 351 g/mol. The van der Waals surface area contributed by atoms with E-state index in [0.29, 0.717) is 5.39 Å². The van der Waals surface area contributed by atoms with E-state index in [4.69, 9.17) is 9.84 Å². The molecule has 0 unspecified atom stereocenters. The molecule has 134 valence electrons. The lowest BCUT2D eigenvalue weighted by atomic mass is 10.0. The molecule has 5 heteroatoms. The van der Waals surface area contributed by atoms with Crippen molar-refractivity contribution >= 4 is 22.7 Å². The molecule has 0 aliphatic heterocycles. The van der Waals surface area contributed by atoms with Crippen LogP contribution < -0.4 is 4.74 Å². The van der Waals surface area contributed by atoms with E-state index >= 15 is 0 Å². The van der Waals surface area contributed by atoms with Gasteiger partial charge in [-0.05, 0) is 41.8 Å². The van der Waals surface area contributed by atoms with Crippen molar-refractivity contribution < 1.29 is 19.4 Å². The van der Waals surface area contributed by atoms with Gasteiger partial charge in [-0.15, -0.1) is 0 Å². The van der Waals surface area contributed by atoms with Crippen molar-refractivity contribution in [2.24, 2.45) is 0 Å². The normalized spacial score (nSPS) is 10.8. The van der Waals surface area contributed by atoms with Gasteiger partial charge in [0.05, 0.1) is 12.7 Å². The minimum atomic E-state index is -1.44. The molecule has 0 saturated carbocycles. The molecule has 1 N–H and O–H groups in total. The molecule has 0 bridgehead atoms. The highest BCUT2D eigenvalue weighted by Crippen LogP contribution is 2.29. The third-order valence-corrected chi connectivity index (χ3v) is 4.50. The van der Waals surface area contributed by atoms with Gasteiger partial charge in [-0.2, -0.15) is 0 Å². The van der Waals surface area contributed by atoms with E-state index in [2.05, 4.69) is 6.92 Å². The second-order valence-corrected chi connectivity index (χ2v) is 6.18. The number of fused-ring (bicyclic) bond motifs is 1. The van der Waals surface area contributed by atoms with Crippen molar-refractivity contribution in [1.82, 2.24) is 4.57 Å². The Hall–Kier alpha value is -3.08. The highest BCUT2D eigenvalue weighted by atomic mass is 16.5. The molecule has 2 aromatic carbocycles. The van der Waals surface area contributed by atoms with Gasteiger partial charge >= 0.3 is 5.97 Å². The van der Waals surface area contributed by atoms with Crippen molar-refractivity contribution in [2.45, 2.75) is 26.3 Å². The fourth-order valence-electron chi connectivity index (χ4n) is 3.07. The van der Waals surface area contributed by atoms with Crippen LogP contribution in [0.3, 0.4) is 0 Å². The maximum atomic E-state index is 12.1. The molecule has 1 aromatic heterocycles. The molecule has 0 radical (unpaired) electrons. The van der Waals surface area contributed by atoms with Crippen molar-refractivity contribution in [1.29, 1.82) is 0 Å². The van der Waals surface area contributed by atoms with Gasteiger partial charge in [0.15, 0.2) is 0 Å². The summed E-state index contributed by atoms with van der Waals surface area (Å²) in [5.41, 5.74) is 3.01. The number of methoxy groups -OCH3 is 1. The molecule has 0 fully saturated rings. The van der Waals surface area contributed by atoms with Gasteiger partial charge in [0.1, 0.15) is 5.75 Å². The van der Waals surface area contributed by atoms with Crippen molar-refractivity contribution in [3.8, 4) is 16.9 Å². The zero-order chi connectivity index (χ0) is 18.7. The summed E-state index contributed by atoms with van der Waals surface area (Å²) in [7, 11) is 1.61. The number of ketones is 1. The number of aliphatic carboxylic acids is 1. The third-order valence-electron chi connectivity index (χ3n) is 4.50. The van der Waals surface area contributed by atoms with Crippen molar-refractivity contribution in [3.05, 3.63) is 54.2 Å². The molecule has 26 heavy (non-hydrogen) atoms. The molecule has 1 heterocycles. The minimum Gasteiger partial charge on any atom is -0.497 e. The van der Waals surface area contributed by atoms with Crippen molar-refractivity contribution in [2.75, 3.05) is 7.11 Å². The smallest absolute Gasteiger partial charge is 0.377 e. The standard InChI is InChI=1S/C21H21NO4/c1-3-4-11-22-13-18(20(23)21(24)25)17-12-15(7-10-19(17)22)14-5-8-16(26-2)9-6-14/h5-10,12-13H,3-4,11H2,1-2H3,(H,24,25). The first-order valence-corrected chi connectivity index (χ1v) is 8.60.